The highest BCUT2D eigenvalue weighted by molar-refractivity contribution is 6.00. The van der Waals surface area contributed by atoms with Gasteiger partial charge in [-0.1, -0.05) is 6.92 Å². The standard InChI is InChI=1S/C22H31N3O6/c1-4-9-23-20(26)11-15-6-7-17-19(31-15)12-30-18-8-5-14(24-21(27)13-29-3)10-16(18)22(28)25(17)2/h5,8,10,15,17,19H,4,6-7,9,11-13H2,1-3H3,(H,23,26)(H,24,27)/t15-,17-,19+/m1/s1. The van der Waals surface area contributed by atoms with Crippen molar-refractivity contribution in [3.8, 4) is 5.75 Å². The summed E-state index contributed by atoms with van der Waals surface area (Å²) in [5.74, 6) is -0.0820. The first kappa shape index (κ1) is 23.0. The molecule has 2 aliphatic heterocycles. The molecule has 9 heteroatoms. The van der Waals surface area contributed by atoms with Crippen LogP contribution >= 0.6 is 0 Å². The average molecular weight is 434 g/mol. The molecule has 1 saturated heterocycles. The Bertz CT molecular complexity index is 814. The summed E-state index contributed by atoms with van der Waals surface area (Å²) in [6.07, 6.45) is 2.10. The Morgan fingerprint density at radius 1 is 1.26 bits per heavy atom. The van der Waals surface area contributed by atoms with Gasteiger partial charge in [-0.05, 0) is 37.5 Å². The van der Waals surface area contributed by atoms with Crippen LogP contribution in [0.3, 0.4) is 0 Å². The average Bonchev–Trinajstić information content (AvgIpc) is 2.75. The van der Waals surface area contributed by atoms with Crippen LogP contribution in [0, 0.1) is 0 Å². The number of anilines is 1. The van der Waals surface area contributed by atoms with Gasteiger partial charge in [0.05, 0.1) is 24.1 Å². The molecule has 170 valence electrons. The molecule has 3 amide bonds. The van der Waals surface area contributed by atoms with E-state index in [2.05, 4.69) is 10.6 Å². The molecule has 0 saturated carbocycles. The molecule has 0 radical (unpaired) electrons. The molecule has 2 aliphatic rings. The van der Waals surface area contributed by atoms with Gasteiger partial charge in [0, 0.05) is 26.4 Å². The maximum atomic E-state index is 13.2. The molecular weight excluding hydrogens is 402 g/mol. The van der Waals surface area contributed by atoms with Gasteiger partial charge < -0.3 is 29.7 Å². The zero-order valence-corrected chi connectivity index (χ0v) is 18.3. The fourth-order valence-electron chi connectivity index (χ4n) is 3.98. The van der Waals surface area contributed by atoms with Crippen LogP contribution in [-0.2, 0) is 19.1 Å². The van der Waals surface area contributed by atoms with Crippen molar-refractivity contribution in [2.24, 2.45) is 0 Å². The number of fused-ring (bicyclic) bond motifs is 2. The van der Waals surface area contributed by atoms with Crippen LogP contribution < -0.4 is 15.4 Å². The lowest BCUT2D eigenvalue weighted by atomic mass is 9.94. The second kappa shape index (κ2) is 10.6. The topological polar surface area (TPSA) is 106 Å². The lowest BCUT2D eigenvalue weighted by Gasteiger charge is -2.42. The Kier molecular flexibility index (Phi) is 7.86. The molecule has 0 aromatic heterocycles. The summed E-state index contributed by atoms with van der Waals surface area (Å²) >= 11 is 0. The molecule has 1 fully saturated rings. The number of hydrogen-bond donors (Lipinski definition) is 2. The highest BCUT2D eigenvalue weighted by atomic mass is 16.5. The van der Waals surface area contributed by atoms with Crippen molar-refractivity contribution in [3.63, 3.8) is 0 Å². The monoisotopic (exact) mass is 433 g/mol. The van der Waals surface area contributed by atoms with E-state index in [0.717, 1.165) is 12.8 Å². The van der Waals surface area contributed by atoms with Crippen LogP contribution in [-0.4, -0.2) is 74.8 Å². The molecule has 3 rings (SSSR count). The van der Waals surface area contributed by atoms with Gasteiger partial charge in [-0.15, -0.1) is 0 Å². The molecule has 1 aromatic carbocycles. The molecule has 0 bridgehead atoms. The summed E-state index contributed by atoms with van der Waals surface area (Å²) in [7, 11) is 3.19. The second-order valence-electron chi connectivity index (χ2n) is 7.91. The normalized spacial score (nSPS) is 23.0. The van der Waals surface area contributed by atoms with Crippen LogP contribution in [0.15, 0.2) is 18.2 Å². The fourth-order valence-corrected chi connectivity index (χ4v) is 3.98. The van der Waals surface area contributed by atoms with E-state index in [1.807, 2.05) is 6.92 Å². The lowest BCUT2D eigenvalue weighted by Crippen LogP contribution is -2.54. The van der Waals surface area contributed by atoms with Crippen LogP contribution in [0.2, 0.25) is 0 Å². The van der Waals surface area contributed by atoms with Crippen molar-refractivity contribution >= 4 is 23.4 Å². The van der Waals surface area contributed by atoms with Gasteiger partial charge in [0.15, 0.2) is 0 Å². The number of nitrogens with zero attached hydrogens (tertiary/aromatic N) is 1. The Morgan fingerprint density at radius 2 is 2.06 bits per heavy atom. The predicted octanol–water partition coefficient (Wildman–Crippen LogP) is 1.57. The van der Waals surface area contributed by atoms with E-state index in [1.165, 1.54) is 7.11 Å². The van der Waals surface area contributed by atoms with E-state index < -0.39 is 0 Å². The molecular formula is C22H31N3O6. The van der Waals surface area contributed by atoms with Crippen LogP contribution in [0.25, 0.3) is 0 Å². The van der Waals surface area contributed by atoms with Crippen molar-refractivity contribution in [2.45, 2.75) is 50.9 Å². The molecule has 0 unspecified atom stereocenters. The minimum atomic E-state index is -0.319. The number of carbonyl (C=O) groups is 3. The van der Waals surface area contributed by atoms with E-state index in [-0.39, 0.29) is 49.2 Å². The molecule has 2 heterocycles. The van der Waals surface area contributed by atoms with Gasteiger partial charge in [-0.2, -0.15) is 0 Å². The number of benzene rings is 1. The highest BCUT2D eigenvalue weighted by Gasteiger charge is 2.39. The Hall–Kier alpha value is -2.65. The highest BCUT2D eigenvalue weighted by Crippen LogP contribution is 2.32. The summed E-state index contributed by atoms with van der Waals surface area (Å²) in [5, 5.41) is 5.58. The smallest absolute Gasteiger partial charge is 0.257 e. The first-order chi connectivity index (χ1) is 14.9. The van der Waals surface area contributed by atoms with Gasteiger partial charge in [0.2, 0.25) is 11.8 Å². The number of hydrogen-bond acceptors (Lipinski definition) is 6. The van der Waals surface area contributed by atoms with Crippen molar-refractivity contribution in [1.82, 2.24) is 10.2 Å². The Labute approximate surface area is 182 Å². The van der Waals surface area contributed by atoms with Crippen molar-refractivity contribution in [3.05, 3.63) is 23.8 Å². The molecule has 2 N–H and O–H groups in total. The molecule has 31 heavy (non-hydrogen) atoms. The third-order valence-corrected chi connectivity index (χ3v) is 5.56. The van der Waals surface area contributed by atoms with E-state index in [9.17, 15) is 14.4 Å². The second-order valence-corrected chi connectivity index (χ2v) is 7.91. The fraction of sp³-hybridized carbons (Fsp3) is 0.591. The third-order valence-electron chi connectivity index (χ3n) is 5.56. The van der Waals surface area contributed by atoms with Crippen molar-refractivity contribution < 1.29 is 28.6 Å². The molecule has 1 aromatic rings. The summed E-state index contributed by atoms with van der Waals surface area (Å²) in [5.41, 5.74) is 0.888. The number of rotatable bonds is 7. The van der Waals surface area contributed by atoms with Crippen molar-refractivity contribution in [2.75, 3.05) is 39.2 Å². The van der Waals surface area contributed by atoms with E-state index in [4.69, 9.17) is 14.2 Å². The first-order valence-electron chi connectivity index (χ1n) is 10.7. The molecule has 9 nitrogen and oxygen atoms in total. The number of nitrogens with one attached hydrogen (secondary N) is 2. The number of likely N-dealkylation sites (N-methyl/N-ethyl adjacent to an activating group) is 1. The number of amides is 3. The summed E-state index contributed by atoms with van der Waals surface area (Å²) in [4.78, 5) is 38.7. The Morgan fingerprint density at radius 3 is 2.81 bits per heavy atom. The summed E-state index contributed by atoms with van der Waals surface area (Å²) < 4.78 is 16.9. The SMILES string of the molecule is CCCNC(=O)C[C@H]1CC[C@@H]2[C@H](COc3ccc(NC(=O)COC)cc3C(=O)N2C)O1. The van der Waals surface area contributed by atoms with Gasteiger partial charge in [0.25, 0.3) is 5.91 Å². The molecule has 0 aliphatic carbocycles. The van der Waals surface area contributed by atoms with E-state index in [1.54, 1.807) is 30.1 Å². The number of ether oxygens (including phenoxy) is 3. The van der Waals surface area contributed by atoms with Crippen LogP contribution in [0.5, 0.6) is 5.75 Å². The molecule has 0 spiro atoms. The zero-order valence-electron chi connectivity index (χ0n) is 18.3. The minimum absolute atomic E-state index is 0.0186. The maximum absolute atomic E-state index is 13.2. The largest absolute Gasteiger partial charge is 0.490 e. The van der Waals surface area contributed by atoms with Gasteiger partial charge >= 0.3 is 0 Å². The van der Waals surface area contributed by atoms with E-state index in [0.29, 0.717) is 36.4 Å². The maximum Gasteiger partial charge on any atom is 0.257 e. The third kappa shape index (κ3) is 5.74. The van der Waals surface area contributed by atoms with E-state index >= 15 is 0 Å². The first-order valence-corrected chi connectivity index (χ1v) is 10.7. The minimum Gasteiger partial charge on any atom is -0.490 e. The van der Waals surface area contributed by atoms with Crippen molar-refractivity contribution in [1.29, 1.82) is 0 Å². The number of carbonyl (C=O) groups excluding carboxylic acids is 3. The summed E-state index contributed by atoms with van der Waals surface area (Å²) in [6, 6.07) is 4.82. The van der Waals surface area contributed by atoms with Gasteiger partial charge in [-0.25, -0.2) is 0 Å². The van der Waals surface area contributed by atoms with Gasteiger partial charge in [0.1, 0.15) is 25.1 Å². The Balaban J connectivity index is 1.71. The number of methoxy groups -OCH3 is 1. The molecule has 3 atom stereocenters. The van der Waals surface area contributed by atoms with Crippen LogP contribution in [0.4, 0.5) is 5.69 Å². The lowest BCUT2D eigenvalue weighted by molar-refractivity contribution is -0.134. The predicted molar refractivity (Wildman–Crippen MR) is 114 cm³/mol. The van der Waals surface area contributed by atoms with Crippen LogP contribution in [0.1, 0.15) is 43.0 Å². The van der Waals surface area contributed by atoms with Gasteiger partial charge in [-0.3, -0.25) is 14.4 Å². The zero-order chi connectivity index (χ0) is 22.4. The summed E-state index contributed by atoms with van der Waals surface area (Å²) in [6.45, 7) is 2.87. The quantitative estimate of drug-likeness (QED) is 0.676.